The zero-order valence-corrected chi connectivity index (χ0v) is 12.1. The van der Waals surface area contributed by atoms with Crippen molar-refractivity contribution in [1.82, 2.24) is 14.5 Å². The summed E-state index contributed by atoms with van der Waals surface area (Å²) in [6.45, 7) is 1.95. The zero-order chi connectivity index (χ0) is 13.7. The van der Waals surface area contributed by atoms with Crippen LogP contribution in [0.25, 0.3) is 11.0 Å². The molecule has 1 saturated heterocycles. The number of hydrogen-bond donors (Lipinski definition) is 0. The van der Waals surface area contributed by atoms with Gasteiger partial charge in [0.25, 0.3) is 0 Å². The zero-order valence-electron chi connectivity index (χ0n) is 10.5. The predicted molar refractivity (Wildman–Crippen MR) is 74.0 cm³/mol. The summed E-state index contributed by atoms with van der Waals surface area (Å²) in [7, 11) is -2.98. The molecule has 7 heteroatoms. The third-order valence-electron chi connectivity index (χ3n) is 3.67. The second-order valence-corrected chi connectivity index (χ2v) is 7.65. The number of nitrogens with zero attached hydrogens (tertiary/aromatic N) is 3. The Balaban J connectivity index is 2.24. The molecule has 0 N–H and O–H groups in total. The first-order valence-corrected chi connectivity index (χ1v) is 8.39. The molecule has 3 rings (SSSR count). The third-order valence-corrected chi connectivity index (χ3v) is 5.80. The quantitative estimate of drug-likeness (QED) is 0.792. The Morgan fingerprint density at radius 3 is 2.95 bits per heavy atom. The van der Waals surface area contributed by atoms with E-state index >= 15 is 0 Å². The first-order valence-electron chi connectivity index (χ1n) is 6.03. The minimum absolute atomic E-state index is 0.137. The fourth-order valence-corrected chi connectivity index (χ4v) is 5.14. The topological polar surface area (TPSA) is 64.8 Å². The lowest BCUT2D eigenvalue weighted by Crippen LogP contribution is -2.32. The third kappa shape index (κ3) is 2.03. The molecule has 0 bridgehead atoms. The van der Waals surface area contributed by atoms with Crippen LogP contribution in [0.5, 0.6) is 0 Å². The molecule has 102 valence electrons. The summed E-state index contributed by atoms with van der Waals surface area (Å²) < 4.78 is 25.6. The molecule has 2 aromatic heterocycles. The number of hydrogen-bond acceptors (Lipinski definition) is 4. The van der Waals surface area contributed by atoms with Gasteiger partial charge in [0.15, 0.2) is 9.84 Å². The molecule has 2 aromatic rings. The Labute approximate surface area is 116 Å². The van der Waals surface area contributed by atoms with Gasteiger partial charge in [0.2, 0.25) is 0 Å². The summed E-state index contributed by atoms with van der Waals surface area (Å²) in [6, 6.07) is 1.86. The molecular formula is C12H14ClN3O2S. The first kappa shape index (κ1) is 12.9. The van der Waals surface area contributed by atoms with Crippen LogP contribution in [-0.2, 0) is 21.3 Å². The SMILES string of the molecule is CC1(n2c(CCl)nc3cnccc32)CCS(=O)(=O)C1. The Kier molecular flexibility index (Phi) is 2.83. The highest BCUT2D eigenvalue weighted by atomic mass is 35.5. The van der Waals surface area contributed by atoms with Gasteiger partial charge in [0.05, 0.1) is 34.6 Å². The Bertz CT molecular complexity index is 741. The van der Waals surface area contributed by atoms with Crippen molar-refractivity contribution in [2.45, 2.75) is 24.8 Å². The van der Waals surface area contributed by atoms with Crippen molar-refractivity contribution in [2.24, 2.45) is 0 Å². The van der Waals surface area contributed by atoms with Crippen molar-refractivity contribution in [3.05, 3.63) is 24.3 Å². The lowest BCUT2D eigenvalue weighted by atomic mass is 10.0. The van der Waals surface area contributed by atoms with E-state index in [0.717, 1.165) is 11.0 Å². The molecule has 0 aliphatic carbocycles. The van der Waals surface area contributed by atoms with E-state index in [9.17, 15) is 8.42 Å². The molecule has 1 fully saturated rings. The van der Waals surface area contributed by atoms with E-state index in [1.54, 1.807) is 12.4 Å². The van der Waals surface area contributed by atoms with Crippen LogP contribution in [0, 0.1) is 0 Å². The normalized spacial score (nSPS) is 26.0. The standard InChI is InChI=1S/C12H14ClN3O2S/c1-12(3-5-19(17,18)8-12)16-10-2-4-14-7-9(10)15-11(16)6-13/h2,4,7H,3,5-6,8H2,1H3. The van der Waals surface area contributed by atoms with E-state index in [4.69, 9.17) is 11.6 Å². The molecule has 5 nitrogen and oxygen atoms in total. The van der Waals surface area contributed by atoms with Crippen molar-refractivity contribution < 1.29 is 8.42 Å². The van der Waals surface area contributed by atoms with E-state index in [-0.39, 0.29) is 17.4 Å². The van der Waals surface area contributed by atoms with Crippen molar-refractivity contribution in [1.29, 1.82) is 0 Å². The van der Waals surface area contributed by atoms with E-state index in [0.29, 0.717) is 12.2 Å². The number of rotatable bonds is 2. The van der Waals surface area contributed by atoms with Gasteiger partial charge in [-0.25, -0.2) is 13.4 Å². The molecule has 1 unspecified atom stereocenters. The molecule has 3 heterocycles. The van der Waals surface area contributed by atoms with Crippen LogP contribution < -0.4 is 0 Å². The molecule has 1 aliphatic heterocycles. The summed E-state index contributed by atoms with van der Waals surface area (Å²) in [6.07, 6.45) is 3.95. The van der Waals surface area contributed by atoms with E-state index < -0.39 is 15.4 Å². The second kappa shape index (κ2) is 4.18. The number of pyridine rings is 1. The highest BCUT2D eigenvalue weighted by Gasteiger charge is 2.41. The van der Waals surface area contributed by atoms with Crippen LogP contribution in [0.4, 0.5) is 0 Å². The maximum atomic E-state index is 11.8. The van der Waals surface area contributed by atoms with Gasteiger partial charge in [-0.05, 0) is 19.4 Å². The van der Waals surface area contributed by atoms with Crippen LogP contribution >= 0.6 is 11.6 Å². The van der Waals surface area contributed by atoms with Gasteiger partial charge in [-0.2, -0.15) is 0 Å². The molecule has 19 heavy (non-hydrogen) atoms. The smallest absolute Gasteiger partial charge is 0.152 e. The number of alkyl halides is 1. The number of imidazole rings is 1. The monoisotopic (exact) mass is 299 g/mol. The van der Waals surface area contributed by atoms with Gasteiger partial charge in [0.1, 0.15) is 11.3 Å². The van der Waals surface area contributed by atoms with Crippen molar-refractivity contribution in [3.63, 3.8) is 0 Å². The first-order chi connectivity index (χ1) is 8.95. The molecule has 1 atom stereocenters. The Morgan fingerprint density at radius 1 is 1.53 bits per heavy atom. The largest absolute Gasteiger partial charge is 0.320 e. The van der Waals surface area contributed by atoms with Gasteiger partial charge in [0, 0.05) is 6.20 Å². The minimum Gasteiger partial charge on any atom is -0.320 e. The summed E-state index contributed by atoms with van der Waals surface area (Å²) >= 11 is 5.96. The van der Waals surface area contributed by atoms with Crippen LogP contribution in [0.15, 0.2) is 18.5 Å². The van der Waals surface area contributed by atoms with Crippen molar-refractivity contribution in [2.75, 3.05) is 11.5 Å². The maximum absolute atomic E-state index is 11.8. The lowest BCUT2D eigenvalue weighted by molar-refractivity contribution is 0.367. The molecule has 1 aliphatic rings. The molecule has 0 radical (unpaired) electrons. The number of aromatic nitrogens is 3. The van der Waals surface area contributed by atoms with Crippen LogP contribution in [-0.4, -0.2) is 34.5 Å². The average molecular weight is 300 g/mol. The number of fused-ring (bicyclic) bond motifs is 1. The molecule has 0 aromatic carbocycles. The Morgan fingerprint density at radius 2 is 2.32 bits per heavy atom. The highest BCUT2D eigenvalue weighted by molar-refractivity contribution is 7.91. The highest BCUT2D eigenvalue weighted by Crippen LogP contribution is 2.35. The van der Waals surface area contributed by atoms with Crippen LogP contribution in [0.2, 0.25) is 0 Å². The Hall–Kier alpha value is -1.14. The van der Waals surface area contributed by atoms with Gasteiger partial charge in [-0.1, -0.05) is 0 Å². The number of halogens is 1. The summed E-state index contributed by atoms with van der Waals surface area (Å²) in [5, 5.41) is 0. The van der Waals surface area contributed by atoms with Gasteiger partial charge in [-0.15, -0.1) is 11.6 Å². The summed E-state index contributed by atoms with van der Waals surface area (Å²) in [5.41, 5.74) is 1.17. The summed E-state index contributed by atoms with van der Waals surface area (Å²) in [4.78, 5) is 8.48. The minimum atomic E-state index is -2.98. The molecule has 0 saturated carbocycles. The van der Waals surface area contributed by atoms with Gasteiger partial charge >= 0.3 is 0 Å². The van der Waals surface area contributed by atoms with Crippen LogP contribution in [0.1, 0.15) is 19.2 Å². The van der Waals surface area contributed by atoms with E-state index in [2.05, 4.69) is 9.97 Å². The number of sulfone groups is 1. The lowest BCUT2D eigenvalue weighted by Gasteiger charge is -2.27. The fraction of sp³-hybridized carbons (Fsp3) is 0.500. The van der Waals surface area contributed by atoms with E-state index in [1.165, 1.54) is 0 Å². The predicted octanol–water partition coefficient (Wildman–Crippen LogP) is 1.70. The fourth-order valence-electron chi connectivity index (χ4n) is 2.84. The van der Waals surface area contributed by atoms with E-state index in [1.807, 2.05) is 17.6 Å². The summed E-state index contributed by atoms with van der Waals surface area (Å²) in [5.74, 6) is 1.31. The molecule has 0 amide bonds. The molecular weight excluding hydrogens is 286 g/mol. The van der Waals surface area contributed by atoms with Crippen molar-refractivity contribution in [3.8, 4) is 0 Å². The van der Waals surface area contributed by atoms with Crippen LogP contribution in [0.3, 0.4) is 0 Å². The maximum Gasteiger partial charge on any atom is 0.152 e. The van der Waals surface area contributed by atoms with Gasteiger partial charge < -0.3 is 4.57 Å². The second-order valence-electron chi connectivity index (χ2n) is 5.20. The molecule has 0 spiro atoms. The average Bonchev–Trinajstić information content (AvgIpc) is 2.87. The van der Waals surface area contributed by atoms with Crippen molar-refractivity contribution >= 4 is 32.5 Å². The van der Waals surface area contributed by atoms with Gasteiger partial charge in [-0.3, -0.25) is 4.98 Å².